The molecule has 0 spiro atoms. The number of hydrogen-bond donors (Lipinski definition) is 0. The van der Waals surface area contributed by atoms with E-state index in [1.165, 1.54) is 11.3 Å². The van der Waals surface area contributed by atoms with Gasteiger partial charge >= 0.3 is 0 Å². The van der Waals surface area contributed by atoms with Gasteiger partial charge in [0.25, 0.3) is 0 Å². The van der Waals surface area contributed by atoms with Crippen LogP contribution in [0.2, 0.25) is 0 Å². The molecule has 2 aromatic carbocycles. The van der Waals surface area contributed by atoms with Crippen molar-refractivity contribution in [3.63, 3.8) is 0 Å². The van der Waals surface area contributed by atoms with Crippen LogP contribution in [-0.2, 0) is 0 Å². The van der Waals surface area contributed by atoms with Crippen LogP contribution >= 0.6 is 27.3 Å². The van der Waals surface area contributed by atoms with Crippen LogP contribution < -0.4 is 9.47 Å². The summed E-state index contributed by atoms with van der Waals surface area (Å²) in [6.07, 6.45) is 2.68. The van der Waals surface area contributed by atoms with Crippen molar-refractivity contribution in [1.82, 2.24) is 4.98 Å². The van der Waals surface area contributed by atoms with Crippen molar-refractivity contribution in [2.75, 3.05) is 13.2 Å². The maximum atomic E-state index is 9.60. The third-order valence-corrected chi connectivity index (χ3v) is 5.44. The molecule has 1 aliphatic rings. The maximum absolute atomic E-state index is 9.60. The highest BCUT2D eigenvalue weighted by Crippen LogP contribution is 2.39. The van der Waals surface area contributed by atoms with Crippen molar-refractivity contribution >= 4 is 49.1 Å². The number of halogens is 1. The Balaban J connectivity index is 1.76. The molecule has 4 nitrogen and oxygen atoms in total. The Hall–Kier alpha value is -2.36. The molecule has 1 aliphatic heterocycles. The molecule has 0 atom stereocenters. The van der Waals surface area contributed by atoms with Crippen LogP contribution in [0.4, 0.5) is 0 Å². The minimum Gasteiger partial charge on any atom is -0.489 e. The van der Waals surface area contributed by atoms with Crippen LogP contribution in [-0.4, -0.2) is 18.2 Å². The second-order valence-electron chi connectivity index (χ2n) is 5.54. The Kier molecular flexibility index (Phi) is 4.43. The van der Waals surface area contributed by atoms with Crippen LogP contribution in [0.3, 0.4) is 0 Å². The maximum Gasteiger partial charge on any atom is 0.175 e. The molecule has 0 amide bonds. The van der Waals surface area contributed by atoms with E-state index in [9.17, 15) is 5.26 Å². The van der Waals surface area contributed by atoms with Crippen molar-refractivity contribution in [1.29, 1.82) is 5.26 Å². The lowest BCUT2D eigenvalue weighted by atomic mass is 10.1. The lowest BCUT2D eigenvalue weighted by molar-refractivity contribution is 0.296. The van der Waals surface area contributed by atoms with Crippen molar-refractivity contribution < 1.29 is 9.47 Å². The van der Waals surface area contributed by atoms with E-state index in [2.05, 4.69) is 27.0 Å². The molecule has 0 unspecified atom stereocenters. The van der Waals surface area contributed by atoms with Crippen LogP contribution in [0, 0.1) is 11.3 Å². The van der Waals surface area contributed by atoms with Crippen molar-refractivity contribution in [2.45, 2.75) is 6.42 Å². The molecule has 0 saturated heterocycles. The van der Waals surface area contributed by atoms with Crippen molar-refractivity contribution in [2.24, 2.45) is 0 Å². The second-order valence-corrected chi connectivity index (χ2v) is 7.42. The molecule has 0 saturated carbocycles. The van der Waals surface area contributed by atoms with Gasteiger partial charge in [-0.2, -0.15) is 5.26 Å². The van der Waals surface area contributed by atoms with E-state index in [0.717, 1.165) is 26.7 Å². The SMILES string of the molecule is N#CC(=Cc1cc(Br)c2c(c1)OCCCO2)c1nc2ccccc2s1. The summed E-state index contributed by atoms with van der Waals surface area (Å²) >= 11 is 5.05. The van der Waals surface area contributed by atoms with Gasteiger partial charge in [0.05, 0.1) is 33.5 Å². The Morgan fingerprint density at radius 1 is 1.24 bits per heavy atom. The van der Waals surface area contributed by atoms with Crippen molar-refractivity contribution in [3.05, 3.63) is 51.4 Å². The summed E-state index contributed by atoms with van der Waals surface area (Å²) in [5.74, 6) is 1.41. The number of rotatable bonds is 2. The van der Waals surface area contributed by atoms with E-state index in [0.29, 0.717) is 35.3 Å². The van der Waals surface area contributed by atoms with Gasteiger partial charge < -0.3 is 9.47 Å². The number of aromatic nitrogens is 1. The molecule has 0 N–H and O–H groups in total. The smallest absolute Gasteiger partial charge is 0.175 e. The highest BCUT2D eigenvalue weighted by Gasteiger charge is 2.16. The number of para-hydroxylation sites is 1. The Bertz CT molecular complexity index is 987. The summed E-state index contributed by atoms with van der Waals surface area (Å²) < 4.78 is 13.4. The van der Waals surface area contributed by atoms with Gasteiger partial charge in [0.1, 0.15) is 11.1 Å². The van der Waals surface area contributed by atoms with Gasteiger partial charge in [-0.15, -0.1) is 11.3 Å². The molecule has 0 fully saturated rings. The molecule has 2 heterocycles. The topological polar surface area (TPSA) is 55.1 Å². The highest BCUT2D eigenvalue weighted by molar-refractivity contribution is 9.10. The molecule has 1 aromatic heterocycles. The third-order valence-electron chi connectivity index (χ3n) is 3.78. The first kappa shape index (κ1) is 16.1. The predicted molar refractivity (Wildman–Crippen MR) is 103 cm³/mol. The molecule has 0 radical (unpaired) electrons. The molecular weight excluding hydrogens is 400 g/mol. The fraction of sp³-hybridized carbons (Fsp3) is 0.158. The number of nitrogens with zero attached hydrogens (tertiary/aromatic N) is 2. The molecule has 25 heavy (non-hydrogen) atoms. The summed E-state index contributed by atoms with van der Waals surface area (Å²) in [6, 6.07) is 14.0. The molecular formula is C19H13BrN2O2S. The predicted octanol–water partition coefficient (Wildman–Crippen LogP) is 5.28. The fourth-order valence-corrected chi connectivity index (χ4v) is 4.14. The van der Waals surface area contributed by atoms with Gasteiger partial charge in [-0.25, -0.2) is 4.98 Å². The zero-order valence-electron chi connectivity index (χ0n) is 13.2. The molecule has 124 valence electrons. The first-order chi connectivity index (χ1) is 12.2. The molecule has 4 rings (SSSR count). The van der Waals surface area contributed by atoms with Gasteiger partial charge in [0.15, 0.2) is 11.5 Å². The largest absolute Gasteiger partial charge is 0.489 e. The van der Waals surface area contributed by atoms with E-state index in [-0.39, 0.29) is 0 Å². The van der Waals surface area contributed by atoms with Crippen LogP contribution in [0.5, 0.6) is 11.5 Å². The molecule has 6 heteroatoms. The summed E-state index contributed by atoms with van der Waals surface area (Å²) in [7, 11) is 0. The number of ether oxygens (including phenoxy) is 2. The normalized spacial score (nSPS) is 14.2. The van der Waals surface area contributed by atoms with E-state index in [1.54, 1.807) is 0 Å². The standard InChI is InChI=1S/C19H13BrN2O2S/c20-14-9-12(10-16-18(14)24-7-3-6-23-16)8-13(11-21)19-22-15-4-1-2-5-17(15)25-19/h1-2,4-5,8-10H,3,6-7H2. The minimum absolute atomic E-state index is 0.530. The first-order valence-corrected chi connectivity index (χ1v) is 9.42. The number of hydrogen-bond acceptors (Lipinski definition) is 5. The quantitative estimate of drug-likeness (QED) is 0.536. The van der Waals surface area contributed by atoms with Crippen LogP contribution in [0.1, 0.15) is 17.0 Å². The summed E-state index contributed by atoms with van der Waals surface area (Å²) in [4.78, 5) is 4.57. The summed E-state index contributed by atoms with van der Waals surface area (Å²) in [5, 5.41) is 10.3. The fourth-order valence-electron chi connectivity index (χ4n) is 2.63. The molecule has 3 aromatic rings. The minimum atomic E-state index is 0.530. The lowest BCUT2D eigenvalue weighted by Crippen LogP contribution is -1.97. The van der Waals surface area contributed by atoms with E-state index in [4.69, 9.17) is 9.47 Å². The lowest BCUT2D eigenvalue weighted by Gasteiger charge is -2.10. The number of allylic oxidation sites excluding steroid dienone is 1. The zero-order chi connectivity index (χ0) is 17.2. The number of thiazole rings is 1. The van der Waals surface area contributed by atoms with E-state index < -0.39 is 0 Å². The zero-order valence-corrected chi connectivity index (χ0v) is 15.6. The van der Waals surface area contributed by atoms with Crippen LogP contribution in [0.25, 0.3) is 21.9 Å². The average molecular weight is 413 g/mol. The number of fused-ring (bicyclic) bond motifs is 2. The monoisotopic (exact) mass is 412 g/mol. The van der Waals surface area contributed by atoms with Gasteiger partial charge in [-0.3, -0.25) is 0 Å². The Morgan fingerprint density at radius 2 is 2.08 bits per heavy atom. The summed E-state index contributed by atoms with van der Waals surface area (Å²) in [6.45, 7) is 1.26. The van der Waals surface area contributed by atoms with E-state index >= 15 is 0 Å². The average Bonchev–Trinajstić information content (AvgIpc) is 2.90. The number of benzene rings is 2. The van der Waals surface area contributed by atoms with Gasteiger partial charge in [0.2, 0.25) is 0 Å². The van der Waals surface area contributed by atoms with Crippen molar-refractivity contribution in [3.8, 4) is 17.6 Å². The Labute approximate surface area is 157 Å². The highest BCUT2D eigenvalue weighted by atomic mass is 79.9. The Morgan fingerprint density at radius 3 is 2.92 bits per heavy atom. The third kappa shape index (κ3) is 3.26. The van der Waals surface area contributed by atoms with Gasteiger partial charge in [0, 0.05) is 6.42 Å². The molecule has 0 bridgehead atoms. The molecule has 0 aliphatic carbocycles. The van der Waals surface area contributed by atoms with E-state index in [1.807, 2.05) is 42.5 Å². The van der Waals surface area contributed by atoms with Gasteiger partial charge in [-0.05, 0) is 51.8 Å². The number of nitriles is 1. The van der Waals surface area contributed by atoms with Crippen LogP contribution in [0.15, 0.2) is 40.9 Å². The summed E-state index contributed by atoms with van der Waals surface area (Å²) in [5.41, 5.74) is 2.30. The first-order valence-electron chi connectivity index (χ1n) is 7.81. The van der Waals surface area contributed by atoms with Gasteiger partial charge in [-0.1, -0.05) is 12.1 Å². The second kappa shape index (κ2) is 6.87.